The largest absolute Gasteiger partial charge is 0.376 e. The number of thioether (sulfide) groups is 1. The van der Waals surface area contributed by atoms with Crippen molar-refractivity contribution in [3.05, 3.63) is 3.95 Å². The highest BCUT2D eigenvalue weighted by Gasteiger charge is 1.97. The number of aromatic nitrogens is 2. The summed E-state index contributed by atoms with van der Waals surface area (Å²) in [6.45, 7) is 0.742. The molecule has 0 bridgehead atoms. The van der Waals surface area contributed by atoms with Gasteiger partial charge in [-0.15, -0.1) is 0 Å². The van der Waals surface area contributed by atoms with E-state index in [1.54, 1.807) is 11.8 Å². The van der Waals surface area contributed by atoms with E-state index in [2.05, 4.69) is 27.7 Å². The molecule has 0 atom stereocenters. The molecule has 0 fully saturated rings. The Morgan fingerprint density at radius 2 is 2.54 bits per heavy atom. The van der Waals surface area contributed by atoms with Crippen molar-refractivity contribution in [2.75, 3.05) is 12.3 Å². The summed E-state index contributed by atoms with van der Waals surface area (Å²) in [5.41, 5.74) is 5.25. The summed E-state index contributed by atoms with van der Waals surface area (Å²) in [7, 11) is 0. The first-order chi connectivity index (χ1) is 6.18. The van der Waals surface area contributed by atoms with Gasteiger partial charge in [-0.25, -0.2) is 0 Å². The van der Waals surface area contributed by atoms with E-state index in [0.717, 1.165) is 16.6 Å². The van der Waals surface area contributed by atoms with Gasteiger partial charge in [0.2, 0.25) is 0 Å². The van der Waals surface area contributed by atoms with E-state index in [1.165, 1.54) is 11.3 Å². The molecule has 0 saturated heterocycles. The van der Waals surface area contributed by atoms with Crippen molar-refractivity contribution >= 4 is 52.6 Å². The van der Waals surface area contributed by atoms with Crippen LogP contribution in [0.5, 0.6) is 0 Å². The fourth-order valence-electron chi connectivity index (χ4n) is 0.591. The molecule has 0 aliphatic rings. The summed E-state index contributed by atoms with van der Waals surface area (Å²) in [5.74, 6) is 0.869. The lowest BCUT2D eigenvalue weighted by Gasteiger charge is -2.00. The second-order valence-electron chi connectivity index (χ2n) is 2.02. The van der Waals surface area contributed by atoms with Crippen LogP contribution in [0.15, 0.2) is 4.34 Å². The standard InChI is InChI=1S/C5H8N4S4/c6-3(10)7-1-2-12-5-9-8-4(11)13-5/h1-2H2,(H,8,11)(H3,6,7,10). The molecule has 0 spiro atoms. The van der Waals surface area contributed by atoms with E-state index >= 15 is 0 Å². The molecule has 0 unspecified atom stereocenters. The van der Waals surface area contributed by atoms with Crippen molar-refractivity contribution in [3.8, 4) is 0 Å². The van der Waals surface area contributed by atoms with E-state index < -0.39 is 0 Å². The molecule has 1 aromatic heterocycles. The van der Waals surface area contributed by atoms with Crippen LogP contribution in [0.25, 0.3) is 0 Å². The molecule has 0 aromatic carbocycles. The maximum absolute atomic E-state index is 5.25. The number of aromatic amines is 1. The van der Waals surface area contributed by atoms with Gasteiger partial charge in [0.25, 0.3) is 0 Å². The topological polar surface area (TPSA) is 66.7 Å². The normalized spacial score (nSPS) is 9.85. The molecule has 1 rings (SSSR count). The maximum Gasteiger partial charge on any atom is 0.177 e. The van der Waals surface area contributed by atoms with Gasteiger partial charge in [0, 0.05) is 12.3 Å². The van der Waals surface area contributed by atoms with Crippen molar-refractivity contribution in [1.82, 2.24) is 15.5 Å². The third kappa shape index (κ3) is 4.55. The van der Waals surface area contributed by atoms with Crippen LogP contribution < -0.4 is 11.1 Å². The molecular formula is C5H8N4S4. The van der Waals surface area contributed by atoms with Crippen LogP contribution in [-0.4, -0.2) is 27.6 Å². The smallest absolute Gasteiger partial charge is 0.177 e. The highest BCUT2D eigenvalue weighted by molar-refractivity contribution is 8.01. The van der Waals surface area contributed by atoms with Gasteiger partial charge in [-0.05, 0) is 24.4 Å². The number of thiocarbonyl (C=S) groups is 1. The van der Waals surface area contributed by atoms with Crippen molar-refractivity contribution < 1.29 is 0 Å². The Bertz CT molecular complexity index is 329. The first kappa shape index (κ1) is 10.9. The highest BCUT2D eigenvalue weighted by atomic mass is 32.2. The van der Waals surface area contributed by atoms with E-state index in [1.807, 2.05) is 0 Å². The van der Waals surface area contributed by atoms with Gasteiger partial charge in [-0.3, -0.25) is 5.10 Å². The number of hydrogen-bond acceptors (Lipinski definition) is 5. The SMILES string of the molecule is NC(=S)NCCSc1n[nH]c(=S)s1. The molecule has 0 aliphatic carbocycles. The summed E-state index contributed by atoms with van der Waals surface area (Å²) < 4.78 is 1.64. The first-order valence-electron chi connectivity index (χ1n) is 3.40. The number of nitrogens with one attached hydrogen (secondary N) is 2. The number of rotatable bonds is 4. The molecule has 1 heterocycles. The van der Waals surface area contributed by atoms with Gasteiger partial charge in [-0.1, -0.05) is 23.1 Å². The molecule has 1 aromatic rings. The Morgan fingerprint density at radius 3 is 3.08 bits per heavy atom. The Balaban J connectivity index is 2.20. The maximum atomic E-state index is 5.25. The Kier molecular flexibility index (Phi) is 4.64. The summed E-state index contributed by atoms with van der Waals surface area (Å²) >= 11 is 12.6. The van der Waals surface area contributed by atoms with Crippen LogP contribution in [0.1, 0.15) is 0 Å². The Morgan fingerprint density at radius 1 is 1.77 bits per heavy atom. The van der Waals surface area contributed by atoms with Crippen molar-refractivity contribution in [2.45, 2.75) is 4.34 Å². The van der Waals surface area contributed by atoms with Gasteiger partial charge in [0.15, 0.2) is 13.4 Å². The van der Waals surface area contributed by atoms with Crippen LogP contribution >= 0.6 is 47.5 Å². The predicted molar refractivity (Wildman–Crippen MR) is 62.8 cm³/mol. The monoisotopic (exact) mass is 252 g/mol. The lowest BCUT2D eigenvalue weighted by atomic mass is 10.7. The summed E-state index contributed by atoms with van der Waals surface area (Å²) in [6.07, 6.45) is 0. The number of H-pyrrole nitrogens is 1. The highest BCUT2D eigenvalue weighted by Crippen LogP contribution is 2.19. The Hall–Kier alpha value is -0.180. The Labute approximate surface area is 94.3 Å². The van der Waals surface area contributed by atoms with Crippen LogP contribution in [0.3, 0.4) is 0 Å². The third-order valence-corrected chi connectivity index (χ3v) is 3.42. The van der Waals surface area contributed by atoms with Gasteiger partial charge in [-0.2, -0.15) is 5.10 Å². The summed E-state index contributed by atoms with van der Waals surface area (Å²) in [6, 6.07) is 0. The number of nitrogens with zero attached hydrogens (tertiary/aromatic N) is 1. The molecule has 8 heteroatoms. The zero-order chi connectivity index (χ0) is 9.68. The van der Waals surface area contributed by atoms with E-state index in [0.29, 0.717) is 9.07 Å². The molecular weight excluding hydrogens is 244 g/mol. The number of hydrogen-bond donors (Lipinski definition) is 3. The molecule has 0 amide bonds. The van der Waals surface area contributed by atoms with Crippen molar-refractivity contribution in [1.29, 1.82) is 0 Å². The average Bonchev–Trinajstić information content (AvgIpc) is 2.45. The van der Waals surface area contributed by atoms with Gasteiger partial charge in [0.1, 0.15) is 0 Å². The van der Waals surface area contributed by atoms with Crippen molar-refractivity contribution in [2.24, 2.45) is 5.73 Å². The predicted octanol–water partition coefficient (Wildman–Crippen LogP) is 1.13. The van der Waals surface area contributed by atoms with Crippen LogP contribution in [0.2, 0.25) is 0 Å². The van der Waals surface area contributed by atoms with Crippen LogP contribution in [0.4, 0.5) is 0 Å². The molecule has 13 heavy (non-hydrogen) atoms. The van der Waals surface area contributed by atoms with Gasteiger partial charge < -0.3 is 11.1 Å². The molecule has 0 radical (unpaired) electrons. The average molecular weight is 252 g/mol. The van der Waals surface area contributed by atoms with E-state index in [-0.39, 0.29) is 0 Å². The number of nitrogens with two attached hydrogens (primary N) is 1. The molecule has 0 saturated carbocycles. The fourth-order valence-corrected chi connectivity index (χ4v) is 2.70. The molecule has 4 N–H and O–H groups in total. The zero-order valence-corrected chi connectivity index (χ0v) is 9.84. The van der Waals surface area contributed by atoms with Crippen LogP contribution in [0, 0.1) is 3.95 Å². The second-order valence-corrected chi connectivity index (χ2v) is 5.47. The van der Waals surface area contributed by atoms with Crippen molar-refractivity contribution in [3.63, 3.8) is 0 Å². The van der Waals surface area contributed by atoms with E-state index in [9.17, 15) is 0 Å². The lowest BCUT2D eigenvalue weighted by molar-refractivity contribution is 0.972. The van der Waals surface area contributed by atoms with Gasteiger partial charge in [0.05, 0.1) is 0 Å². The van der Waals surface area contributed by atoms with Gasteiger partial charge >= 0.3 is 0 Å². The minimum atomic E-state index is 0.329. The third-order valence-electron chi connectivity index (χ3n) is 1.05. The molecule has 4 nitrogen and oxygen atoms in total. The fraction of sp³-hybridized carbons (Fsp3) is 0.400. The first-order valence-corrected chi connectivity index (χ1v) is 6.02. The lowest BCUT2D eigenvalue weighted by Crippen LogP contribution is -2.30. The summed E-state index contributed by atoms with van der Waals surface area (Å²) in [5, 5.41) is 9.88. The van der Waals surface area contributed by atoms with E-state index in [4.69, 9.17) is 18.0 Å². The quantitative estimate of drug-likeness (QED) is 0.424. The minimum Gasteiger partial charge on any atom is -0.376 e. The molecule has 72 valence electrons. The second kappa shape index (κ2) is 5.53. The minimum absolute atomic E-state index is 0.329. The van der Waals surface area contributed by atoms with Crippen LogP contribution in [-0.2, 0) is 0 Å². The zero-order valence-electron chi connectivity index (χ0n) is 6.57. The summed E-state index contributed by atoms with van der Waals surface area (Å²) in [4.78, 5) is 0. The molecule has 0 aliphatic heterocycles.